The van der Waals surface area contributed by atoms with Crippen LogP contribution < -0.4 is 0 Å². The Morgan fingerprint density at radius 3 is 2.60 bits per heavy atom. The molecule has 0 spiro atoms. The molecule has 0 aliphatic rings. The predicted octanol–water partition coefficient (Wildman–Crippen LogP) is 3.09. The van der Waals surface area contributed by atoms with E-state index in [-0.39, 0.29) is 0 Å². The zero-order chi connectivity index (χ0) is 10.3. The van der Waals surface area contributed by atoms with E-state index in [1.807, 2.05) is 31.3 Å². The molecule has 0 aliphatic heterocycles. The smallest absolute Gasteiger partial charge is 0.0742 e. The minimum Gasteiger partial charge on any atom is -0.264 e. The Hall–Kier alpha value is -1.96. The lowest BCUT2D eigenvalue weighted by Crippen LogP contribution is -1.87. The molecule has 2 heterocycles. The normalized spacial score (nSPS) is 11.0. The van der Waals surface area contributed by atoms with E-state index in [2.05, 4.69) is 22.1 Å². The summed E-state index contributed by atoms with van der Waals surface area (Å²) in [5.41, 5.74) is 2.09. The van der Waals surface area contributed by atoms with E-state index >= 15 is 0 Å². The van der Waals surface area contributed by atoms with Crippen molar-refractivity contribution in [2.24, 2.45) is 0 Å². The highest BCUT2D eigenvalue weighted by atomic mass is 14.7. The van der Waals surface area contributed by atoms with Gasteiger partial charge in [-0.15, -0.1) is 0 Å². The zero-order valence-corrected chi connectivity index (χ0v) is 8.44. The van der Waals surface area contributed by atoms with Crippen LogP contribution in [0.5, 0.6) is 0 Å². The van der Waals surface area contributed by atoms with E-state index in [0.29, 0.717) is 0 Å². The fraction of sp³-hybridized carbons (Fsp3) is 0.0769. The van der Waals surface area contributed by atoms with Gasteiger partial charge in [0.1, 0.15) is 0 Å². The van der Waals surface area contributed by atoms with Crippen LogP contribution in [0.25, 0.3) is 21.7 Å². The summed E-state index contributed by atoms with van der Waals surface area (Å²) in [6, 6.07) is 10.3. The highest BCUT2D eigenvalue weighted by Crippen LogP contribution is 2.24. The van der Waals surface area contributed by atoms with Gasteiger partial charge in [0.05, 0.1) is 5.52 Å². The highest BCUT2D eigenvalue weighted by Gasteiger charge is 2.03. The van der Waals surface area contributed by atoms with Crippen molar-refractivity contribution in [2.75, 3.05) is 0 Å². The predicted molar refractivity (Wildman–Crippen MR) is 61.8 cm³/mol. The molecule has 2 aromatic heterocycles. The van der Waals surface area contributed by atoms with Crippen molar-refractivity contribution in [1.29, 1.82) is 0 Å². The van der Waals surface area contributed by atoms with Gasteiger partial charge in [-0.1, -0.05) is 24.3 Å². The molecule has 15 heavy (non-hydrogen) atoms. The molecule has 1 aromatic carbocycles. The summed E-state index contributed by atoms with van der Waals surface area (Å²) in [5.74, 6) is 0. The van der Waals surface area contributed by atoms with E-state index in [9.17, 15) is 0 Å². The number of nitrogens with zero attached hydrogens (tertiary/aromatic N) is 2. The third kappa shape index (κ3) is 1.18. The van der Waals surface area contributed by atoms with Crippen molar-refractivity contribution < 1.29 is 0 Å². The molecular formula is C13H10N2. The van der Waals surface area contributed by atoms with Gasteiger partial charge < -0.3 is 0 Å². The SMILES string of the molecule is Cc1nc2ccncc2c2ccccc12. The quantitative estimate of drug-likeness (QED) is 0.514. The first-order valence-electron chi connectivity index (χ1n) is 4.95. The van der Waals surface area contributed by atoms with Crippen LogP contribution in [0, 0.1) is 6.92 Å². The van der Waals surface area contributed by atoms with E-state index < -0.39 is 0 Å². The summed E-state index contributed by atoms with van der Waals surface area (Å²) in [4.78, 5) is 8.72. The van der Waals surface area contributed by atoms with Gasteiger partial charge in [-0.25, -0.2) is 0 Å². The van der Waals surface area contributed by atoms with Crippen LogP contribution in [0.2, 0.25) is 0 Å². The molecule has 0 saturated carbocycles. The molecule has 0 unspecified atom stereocenters. The van der Waals surface area contributed by atoms with Crippen LogP contribution in [0.4, 0.5) is 0 Å². The molecule has 0 saturated heterocycles. The van der Waals surface area contributed by atoms with Crippen LogP contribution in [0.3, 0.4) is 0 Å². The van der Waals surface area contributed by atoms with Crippen molar-refractivity contribution in [2.45, 2.75) is 6.92 Å². The van der Waals surface area contributed by atoms with Gasteiger partial charge in [0.2, 0.25) is 0 Å². The maximum atomic E-state index is 4.56. The Kier molecular flexibility index (Phi) is 1.68. The van der Waals surface area contributed by atoms with Crippen LogP contribution in [0.15, 0.2) is 42.7 Å². The topological polar surface area (TPSA) is 25.8 Å². The number of hydrogen-bond acceptors (Lipinski definition) is 2. The minimum atomic E-state index is 1.02. The molecule has 3 rings (SSSR count). The fourth-order valence-corrected chi connectivity index (χ4v) is 1.97. The largest absolute Gasteiger partial charge is 0.264 e. The van der Waals surface area contributed by atoms with Crippen LogP contribution >= 0.6 is 0 Å². The monoisotopic (exact) mass is 194 g/mol. The van der Waals surface area contributed by atoms with Gasteiger partial charge in [0.15, 0.2) is 0 Å². The highest BCUT2D eigenvalue weighted by molar-refractivity contribution is 6.05. The molecule has 3 aromatic rings. The number of hydrogen-bond donors (Lipinski definition) is 0. The molecule has 0 N–H and O–H groups in total. The van der Waals surface area contributed by atoms with Crippen molar-refractivity contribution in [3.63, 3.8) is 0 Å². The summed E-state index contributed by atoms with van der Waals surface area (Å²) in [5, 5.41) is 3.56. The third-order valence-electron chi connectivity index (χ3n) is 2.69. The van der Waals surface area contributed by atoms with Gasteiger partial charge in [0.25, 0.3) is 0 Å². The number of fused-ring (bicyclic) bond motifs is 3. The summed E-state index contributed by atoms with van der Waals surface area (Å²) in [6.07, 6.45) is 3.66. The zero-order valence-electron chi connectivity index (χ0n) is 8.44. The van der Waals surface area contributed by atoms with Gasteiger partial charge in [-0.2, -0.15) is 0 Å². The number of aromatic nitrogens is 2. The second-order valence-corrected chi connectivity index (χ2v) is 3.64. The van der Waals surface area contributed by atoms with Crippen molar-refractivity contribution >= 4 is 21.7 Å². The molecule has 0 radical (unpaired) electrons. The Morgan fingerprint density at radius 2 is 1.73 bits per heavy atom. The van der Waals surface area contributed by atoms with Crippen LogP contribution in [0.1, 0.15) is 5.69 Å². The Bertz CT molecular complexity index is 644. The lowest BCUT2D eigenvalue weighted by Gasteiger charge is -2.05. The average molecular weight is 194 g/mol. The Morgan fingerprint density at radius 1 is 0.933 bits per heavy atom. The Labute approximate surface area is 87.6 Å². The minimum absolute atomic E-state index is 1.02. The summed E-state index contributed by atoms with van der Waals surface area (Å²) >= 11 is 0. The molecule has 0 bridgehead atoms. The number of benzene rings is 1. The lowest BCUT2D eigenvalue weighted by molar-refractivity contribution is 1.27. The van der Waals surface area contributed by atoms with Crippen LogP contribution in [-0.2, 0) is 0 Å². The molecule has 2 nitrogen and oxygen atoms in total. The fourth-order valence-electron chi connectivity index (χ4n) is 1.97. The van der Waals surface area contributed by atoms with E-state index in [4.69, 9.17) is 0 Å². The molecule has 2 heteroatoms. The van der Waals surface area contributed by atoms with Crippen molar-refractivity contribution in [1.82, 2.24) is 9.97 Å². The standard InChI is InChI=1S/C13H10N2/c1-9-10-4-2-3-5-11(10)12-8-14-7-6-13(12)15-9/h2-8H,1H3. The molecule has 0 fully saturated rings. The number of rotatable bonds is 0. The third-order valence-corrected chi connectivity index (χ3v) is 2.69. The van der Waals surface area contributed by atoms with Gasteiger partial charge in [0, 0.05) is 28.9 Å². The van der Waals surface area contributed by atoms with Gasteiger partial charge in [-0.05, 0) is 18.4 Å². The van der Waals surface area contributed by atoms with Gasteiger partial charge >= 0.3 is 0 Å². The van der Waals surface area contributed by atoms with Crippen molar-refractivity contribution in [3.8, 4) is 0 Å². The van der Waals surface area contributed by atoms with E-state index in [1.54, 1.807) is 6.20 Å². The number of pyridine rings is 2. The first-order valence-corrected chi connectivity index (χ1v) is 4.95. The second-order valence-electron chi connectivity index (χ2n) is 3.64. The van der Waals surface area contributed by atoms with E-state index in [0.717, 1.165) is 16.6 Å². The summed E-state index contributed by atoms with van der Waals surface area (Å²) in [6.45, 7) is 2.04. The first-order chi connectivity index (χ1) is 7.36. The molecule has 0 amide bonds. The van der Waals surface area contributed by atoms with Crippen LogP contribution in [-0.4, -0.2) is 9.97 Å². The summed E-state index contributed by atoms with van der Waals surface area (Å²) < 4.78 is 0. The van der Waals surface area contributed by atoms with E-state index in [1.165, 1.54) is 10.8 Å². The maximum absolute atomic E-state index is 4.56. The molecule has 72 valence electrons. The molecule has 0 aliphatic carbocycles. The second kappa shape index (κ2) is 3.02. The number of aryl methyl sites for hydroxylation is 1. The Balaban J connectivity index is 2.64. The van der Waals surface area contributed by atoms with Gasteiger partial charge in [-0.3, -0.25) is 9.97 Å². The maximum Gasteiger partial charge on any atom is 0.0742 e. The molecular weight excluding hydrogens is 184 g/mol. The summed E-state index contributed by atoms with van der Waals surface area (Å²) in [7, 11) is 0. The molecule has 0 atom stereocenters. The average Bonchev–Trinajstić information content (AvgIpc) is 2.30. The lowest BCUT2D eigenvalue weighted by atomic mass is 10.1. The van der Waals surface area contributed by atoms with Crippen molar-refractivity contribution in [3.05, 3.63) is 48.4 Å². The first kappa shape index (κ1) is 8.36.